The Morgan fingerprint density at radius 2 is 1.89 bits per heavy atom. The first-order valence-electron chi connectivity index (χ1n) is 6.38. The SMILES string of the molecule is Cc1ccn2nc(CCc3ccccc3)nc2c1N. The van der Waals surface area contributed by atoms with E-state index in [4.69, 9.17) is 5.73 Å². The monoisotopic (exact) mass is 252 g/mol. The highest BCUT2D eigenvalue weighted by Gasteiger charge is 2.08. The van der Waals surface area contributed by atoms with Crippen LogP contribution in [-0.2, 0) is 12.8 Å². The van der Waals surface area contributed by atoms with Crippen molar-refractivity contribution in [1.82, 2.24) is 14.6 Å². The summed E-state index contributed by atoms with van der Waals surface area (Å²) in [5.41, 5.74) is 9.81. The van der Waals surface area contributed by atoms with E-state index in [-0.39, 0.29) is 0 Å². The lowest BCUT2D eigenvalue weighted by molar-refractivity contribution is 0.836. The van der Waals surface area contributed by atoms with Crippen molar-refractivity contribution >= 4 is 11.3 Å². The van der Waals surface area contributed by atoms with Crippen LogP contribution in [-0.4, -0.2) is 14.6 Å². The summed E-state index contributed by atoms with van der Waals surface area (Å²) < 4.78 is 1.75. The van der Waals surface area contributed by atoms with E-state index in [2.05, 4.69) is 22.2 Å². The van der Waals surface area contributed by atoms with Crippen LogP contribution in [0.15, 0.2) is 42.6 Å². The maximum absolute atomic E-state index is 6.02. The van der Waals surface area contributed by atoms with Gasteiger partial charge in [-0.25, -0.2) is 9.50 Å². The fourth-order valence-electron chi connectivity index (χ4n) is 2.11. The number of hydrogen-bond donors (Lipinski definition) is 1. The van der Waals surface area contributed by atoms with Gasteiger partial charge in [-0.2, -0.15) is 5.10 Å². The Balaban J connectivity index is 1.84. The van der Waals surface area contributed by atoms with Gasteiger partial charge in [-0.1, -0.05) is 30.3 Å². The van der Waals surface area contributed by atoms with Crippen molar-refractivity contribution in [3.8, 4) is 0 Å². The zero-order valence-electron chi connectivity index (χ0n) is 10.9. The minimum atomic E-state index is 0.709. The van der Waals surface area contributed by atoms with E-state index in [0.717, 1.165) is 29.9 Å². The molecule has 0 spiro atoms. The lowest BCUT2D eigenvalue weighted by atomic mass is 10.1. The van der Waals surface area contributed by atoms with Crippen LogP contribution < -0.4 is 5.73 Å². The Morgan fingerprint density at radius 3 is 2.68 bits per heavy atom. The van der Waals surface area contributed by atoms with Crippen molar-refractivity contribution in [2.45, 2.75) is 19.8 Å². The number of hydrogen-bond acceptors (Lipinski definition) is 3. The Bertz CT molecular complexity index is 701. The first-order chi connectivity index (χ1) is 9.24. The number of benzene rings is 1. The van der Waals surface area contributed by atoms with Crippen molar-refractivity contribution in [3.63, 3.8) is 0 Å². The summed E-state index contributed by atoms with van der Waals surface area (Å²) in [6, 6.07) is 12.3. The normalized spacial score (nSPS) is 11.0. The fourth-order valence-corrected chi connectivity index (χ4v) is 2.11. The quantitative estimate of drug-likeness (QED) is 0.778. The Kier molecular flexibility index (Phi) is 2.91. The van der Waals surface area contributed by atoms with Gasteiger partial charge < -0.3 is 5.73 Å². The second-order valence-corrected chi connectivity index (χ2v) is 4.69. The van der Waals surface area contributed by atoms with Gasteiger partial charge in [-0.3, -0.25) is 0 Å². The minimum absolute atomic E-state index is 0.709. The molecule has 2 heterocycles. The largest absolute Gasteiger partial charge is 0.395 e. The molecule has 0 amide bonds. The molecular weight excluding hydrogens is 236 g/mol. The molecule has 2 aromatic heterocycles. The molecule has 3 rings (SSSR count). The number of nitrogens with zero attached hydrogens (tertiary/aromatic N) is 3. The number of aromatic nitrogens is 3. The average molecular weight is 252 g/mol. The number of rotatable bonds is 3. The van der Waals surface area contributed by atoms with Gasteiger partial charge in [0, 0.05) is 12.6 Å². The average Bonchev–Trinajstić information content (AvgIpc) is 2.86. The number of pyridine rings is 1. The maximum Gasteiger partial charge on any atom is 0.178 e. The van der Waals surface area contributed by atoms with Crippen molar-refractivity contribution in [2.24, 2.45) is 0 Å². The highest BCUT2D eigenvalue weighted by atomic mass is 15.3. The summed E-state index contributed by atoms with van der Waals surface area (Å²) >= 11 is 0. The van der Waals surface area contributed by atoms with E-state index in [0.29, 0.717) is 5.69 Å². The molecule has 0 saturated heterocycles. The fraction of sp³-hybridized carbons (Fsp3) is 0.200. The molecule has 0 fully saturated rings. The Morgan fingerprint density at radius 1 is 1.11 bits per heavy atom. The van der Waals surface area contributed by atoms with Crippen molar-refractivity contribution < 1.29 is 0 Å². The molecule has 0 bridgehead atoms. The standard InChI is InChI=1S/C15H16N4/c1-11-9-10-19-15(14(11)16)17-13(18-19)8-7-12-5-3-2-4-6-12/h2-6,9-10H,7-8,16H2,1H3. The van der Waals surface area contributed by atoms with Gasteiger partial charge in [-0.15, -0.1) is 0 Å². The summed E-state index contributed by atoms with van der Waals surface area (Å²) in [5.74, 6) is 0.834. The van der Waals surface area contributed by atoms with E-state index in [9.17, 15) is 0 Å². The molecule has 4 heteroatoms. The molecule has 0 radical (unpaired) electrons. The van der Waals surface area contributed by atoms with Crippen LogP contribution in [0.3, 0.4) is 0 Å². The number of aryl methyl sites for hydroxylation is 3. The first kappa shape index (κ1) is 11.7. The molecule has 0 atom stereocenters. The lowest BCUT2D eigenvalue weighted by Gasteiger charge is -1.98. The van der Waals surface area contributed by atoms with Crippen LogP contribution in [0, 0.1) is 6.92 Å². The Labute approximate surface area is 111 Å². The third-order valence-electron chi connectivity index (χ3n) is 3.29. The molecule has 0 aliphatic rings. The predicted octanol–water partition coefficient (Wildman–Crippen LogP) is 2.41. The second kappa shape index (κ2) is 4.72. The van der Waals surface area contributed by atoms with Crippen LogP contribution >= 0.6 is 0 Å². The highest BCUT2D eigenvalue weighted by Crippen LogP contribution is 2.16. The summed E-state index contributed by atoms with van der Waals surface area (Å²) in [5, 5.41) is 4.46. The molecule has 0 saturated carbocycles. The van der Waals surface area contributed by atoms with E-state index in [1.807, 2.05) is 37.4 Å². The Hall–Kier alpha value is -2.36. The molecule has 96 valence electrons. The molecule has 2 N–H and O–H groups in total. The summed E-state index contributed by atoms with van der Waals surface area (Å²) in [6.07, 6.45) is 3.67. The van der Waals surface area contributed by atoms with E-state index in [1.54, 1.807) is 4.52 Å². The summed E-state index contributed by atoms with van der Waals surface area (Å²) in [4.78, 5) is 4.52. The zero-order valence-corrected chi connectivity index (χ0v) is 10.9. The van der Waals surface area contributed by atoms with Crippen molar-refractivity contribution in [2.75, 3.05) is 5.73 Å². The molecule has 0 aliphatic carbocycles. The predicted molar refractivity (Wildman–Crippen MR) is 76.0 cm³/mol. The van der Waals surface area contributed by atoms with Gasteiger partial charge in [0.25, 0.3) is 0 Å². The molecular formula is C15H16N4. The first-order valence-corrected chi connectivity index (χ1v) is 6.38. The van der Waals surface area contributed by atoms with Crippen molar-refractivity contribution in [3.05, 3.63) is 59.5 Å². The molecule has 4 nitrogen and oxygen atoms in total. The zero-order chi connectivity index (χ0) is 13.2. The molecule has 19 heavy (non-hydrogen) atoms. The molecule has 3 aromatic rings. The minimum Gasteiger partial charge on any atom is -0.395 e. The van der Waals surface area contributed by atoms with Crippen LogP contribution in [0.25, 0.3) is 5.65 Å². The van der Waals surface area contributed by atoms with Crippen LogP contribution in [0.1, 0.15) is 17.0 Å². The maximum atomic E-state index is 6.02. The molecule has 0 unspecified atom stereocenters. The molecule has 0 aliphatic heterocycles. The topological polar surface area (TPSA) is 56.2 Å². The van der Waals surface area contributed by atoms with Crippen LogP contribution in [0.5, 0.6) is 0 Å². The summed E-state index contributed by atoms with van der Waals surface area (Å²) in [6.45, 7) is 1.98. The van der Waals surface area contributed by atoms with E-state index >= 15 is 0 Å². The number of anilines is 1. The third-order valence-corrected chi connectivity index (χ3v) is 3.29. The van der Waals surface area contributed by atoms with Gasteiger partial charge in [0.2, 0.25) is 0 Å². The number of nitrogen functional groups attached to an aromatic ring is 1. The number of nitrogens with two attached hydrogens (primary N) is 1. The smallest absolute Gasteiger partial charge is 0.178 e. The second-order valence-electron chi connectivity index (χ2n) is 4.69. The van der Waals surface area contributed by atoms with E-state index < -0.39 is 0 Å². The van der Waals surface area contributed by atoms with Gasteiger partial charge in [0.1, 0.15) is 0 Å². The van der Waals surface area contributed by atoms with Gasteiger partial charge in [0.05, 0.1) is 5.69 Å². The molecule has 1 aromatic carbocycles. The lowest BCUT2D eigenvalue weighted by Crippen LogP contribution is -1.96. The van der Waals surface area contributed by atoms with Gasteiger partial charge >= 0.3 is 0 Å². The summed E-state index contributed by atoms with van der Waals surface area (Å²) in [7, 11) is 0. The van der Waals surface area contributed by atoms with Crippen molar-refractivity contribution in [1.29, 1.82) is 0 Å². The highest BCUT2D eigenvalue weighted by molar-refractivity contribution is 5.67. The van der Waals surface area contributed by atoms with Gasteiger partial charge in [0.15, 0.2) is 11.5 Å². The number of fused-ring (bicyclic) bond motifs is 1. The third kappa shape index (κ3) is 2.29. The van der Waals surface area contributed by atoms with Gasteiger partial charge in [-0.05, 0) is 30.5 Å². The van der Waals surface area contributed by atoms with Crippen LogP contribution in [0.2, 0.25) is 0 Å². The van der Waals surface area contributed by atoms with E-state index in [1.165, 1.54) is 5.56 Å². The van der Waals surface area contributed by atoms with Crippen LogP contribution in [0.4, 0.5) is 5.69 Å².